The fourth-order valence-electron chi connectivity index (χ4n) is 3.08. The molecule has 2 amide bonds. The van der Waals surface area contributed by atoms with E-state index in [1.165, 1.54) is 18.2 Å². The van der Waals surface area contributed by atoms with Gasteiger partial charge < -0.3 is 32.3 Å². The van der Waals surface area contributed by atoms with Crippen molar-refractivity contribution in [2.45, 2.75) is 12.1 Å². The van der Waals surface area contributed by atoms with Crippen LogP contribution in [0.5, 0.6) is 11.5 Å². The number of piperazine rings is 1. The van der Waals surface area contributed by atoms with E-state index in [4.69, 9.17) is 11.5 Å². The second-order valence-electron chi connectivity index (χ2n) is 6.20. The first kappa shape index (κ1) is 17.7. The zero-order valence-corrected chi connectivity index (χ0v) is 13.9. The van der Waals surface area contributed by atoms with Crippen LogP contribution in [-0.4, -0.2) is 35.1 Å². The molecule has 3 rings (SSSR count). The third-order valence-corrected chi connectivity index (χ3v) is 4.51. The molecule has 2 atom stereocenters. The number of carbonyl (C=O) groups excluding carboxylic acids is 2. The van der Waals surface area contributed by atoms with Crippen LogP contribution in [0.25, 0.3) is 0 Å². The van der Waals surface area contributed by atoms with Gasteiger partial charge in [-0.3, -0.25) is 9.59 Å². The Kier molecular flexibility index (Phi) is 4.79. The van der Waals surface area contributed by atoms with Crippen molar-refractivity contribution in [1.29, 1.82) is 0 Å². The molecule has 1 heterocycles. The molecule has 1 fully saturated rings. The number of phenols is 2. The summed E-state index contributed by atoms with van der Waals surface area (Å²) in [6, 6.07) is 9.38. The minimum absolute atomic E-state index is 0.0631. The normalized spacial score (nSPS) is 19.8. The third kappa shape index (κ3) is 3.46. The van der Waals surface area contributed by atoms with Crippen molar-refractivity contribution >= 4 is 11.8 Å². The van der Waals surface area contributed by atoms with E-state index in [0.717, 1.165) is 11.1 Å². The summed E-state index contributed by atoms with van der Waals surface area (Å²) in [6.07, 6.45) is 0. The first-order chi connectivity index (χ1) is 12.4. The van der Waals surface area contributed by atoms with Crippen LogP contribution < -0.4 is 22.1 Å². The van der Waals surface area contributed by atoms with Gasteiger partial charge in [-0.25, -0.2) is 0 Å². The monoisotopic (exact) mass is 356 g/mol. The number of hydrogen-bond acceptors (Lipinski definition) is 6. The predicted molar refractivity (Wildman–Crippen MR) is 94.7 cm³/mol. The van der Waals surface area contributed by atoms with E-state index < -0.39 is 11.8 Å². The van der Waals surface area contributed by atoms with Gasteiger partial charge >= 0.3 is 0 Å². The molecule has 0 radical (unpaired) electrons. The van der Waals surface area contributed by atoms with E-state index in [1.807, 2.05) is 0 Å². The zero-order chi connectivity index (χ0) is 18.8. The SMILES string of the molecule is NC(=O)c1ccc(C2CNC(c3ccc(O)c(C(N)=O)c3)CN2)cc1O. The number of carbonyl (C=O) groups is 2. The number of aromatic hydroxyl groups is 2. The van der Waals surface area contributed by atoms with Crippen molar-refractivity contribution in [3.05, 3.63) is 58.7 Å². The number of amides is 2. The second kappa shape index (κ2) is 7.03. The Hall–Kier alpha value is -3.10. The lowest BCUT2D eigenvalue weighted by Gasteiger charge is -2.32. The molecule has 0 saturated carbocycles. The molecule has 136 valence electrons. The fourth-order valence-corrected chi connectivity index (χ4v) is 3.08. The van der Waals surface area contributed by atoms with E-state index in [-0.39, 0.29) is 34.7 Å². The average molecular weight is 356 g/mol. The standard InChI is InChI=1S/C18H20N4O4/c19-17(25)11-3-1-10(6-16(11)24)14-8-21-13(7-22-14)9-2-4-15(23)12(5-9)18(20)26/h1-6,13-14,21-24H,7-8H2,(H2,19,25)(H2,20,26). The minimum Gasteiger partial charge on any atom is -0.507 e. The van der Waals surface area contributed by atoms with Crippen molar-refractivity contribution < 1.29 is 19.8 Å². The van der Waals surface area contributed by atoms with Crippen molar-refractivity contribution in [3.63, 3.8) is 0 Å². The quantitative estimate of drug-likeness (QED) is 0.463. The lowest BCUT2D eigenvalue weighted by Crippen LogP contribution is -2.45. The van der Waals surface area contributed by atoms with Crippen LogP contribution in [0, 0.1) is 0 Å². The fraction of sp³-hybridized carbons (Fsp3) is 0.222. The molecule has 2 aromatic rings. The molecular formula is C18H20N4O4. The van der Waals surface area contributed by atoms with Crippen molar-refractivity contribution in [3.8, 4) is 11.5 Å². The first-order valence-electron chi connectivity index (χ1n) is 8.09. The van der Waals surface area contributed by atoms with Gasteiger partial charge in [0.05, 0.1) is 11.1 Å². The molecule has 0 aliphatic carbocycles. The first-order valence-corrected chi connectivity index (χ1v) is 8.09. The Bertz CT molecular complexity index is 860. The maximum Gasteiger partial charge on any atom is 0.252 e. The molecule has 2 unspecified atom stereocenters. The van der Waals surface area contributed by atoms with E-state index in [2.05, 4.69) is 10.6 Å². The number of nitrogens with one attached hydrogen (secondary N) is 2. The molecular weight excluding hydrogens is 336 g/mol. The highest BCUT2D eigenvalue weighted by Gasteiger charge is 2.24. The lowest BCUT2D eigenvalue weighted by molar-refractivity contribution is 0.0989. The third-order valence-electron chi connectivity index (χ3n) is 4.51. The van der Waals surface area contributed by atoms with Gasteiger partial charge in [0.25, 0.3) is 11.8 Å². The van der Waals surface area contributed by atoms with E-state index in [1.54, 1.807) is 18.2 Å². The van der Waals surface area contributed by atoms with Crippen LogP contribution in [0.3, 0.4) is 0 Å². The predicted octanol–water partition coefficient (Wildman–Crippen LogP) is 0.271. The number of primary amides is 2. The molecule has 0 spiro atoms. The average Bonchev–Trinajstić information content (AvgIpc) is 2.61. The molecule has 2 aromatic carbocycles. The maximum absolute atomic E-state index is 11.4. The molecule has 8 N–H and O–H groups in total. The van der Waals surface area contributed by atoms with Gasteiger partial charge in [-0.05, 0) is 35.4 Å². The molecule has 0 aromatic heterocycles. The van der Waals surface area contributed by atoms with Crippen molar-refractivity contribution in [2.24, 2.45) is 11.5 Å². The van der Waals surface area contributed by atoms with Gasteiger partial charge in [-0.15, -0.1) is 0 Å². The van der Waals surface area contributed by atoms with Crippen LogP contribution in [0.1, 0.15) is 43.9 Å². The van der Waals surface area contributed by atoms with Gasteiger partial charge in [0, 0.05) is 25.2 Å². The van der Waals surface area contributed by atoms with Crippen LogP contribution in [-0.2, 0) is 0 Å². The van der Waals surface area contributed by atoms with Crippen molar-refractivity contribution in [2.75, 3.05) is 13.1 Å². The highest BCUT2D eigenvalue weighted by molar-refractivity contribution is 5.96. The summed E-state index contributed by atoms with van der Waals surface area (Å²) in [5, 5.41) is 26.3. The second-order valence-corrected chi connectivity index (χ2v) is 6.20. The van der Waals surface area contributed by atoms with Gasteiger partial charge in [-0.1, -0.05) is 12.1 Å². The maximum atomic E-state index is 11.4. The van der Waals surface area contributed by atoms with Gasteiger partial charge in [-0.2, -0.15) is 0 Å². The Balaban J connectivity index is 1.72. The summed E-state index contributed by atoms with van der Waals surface area (Å²) in [5.74, 6) is -1.66. The Morgan fingerprint density at radius 1 is 0.808 bits per heavy atom. The van der Waals surface area contributed by atoms with Crippen LogP contribution >= 0.6 is 0 Å². The summed E-state index contributed by atoms with van der Waals surface area (Å²) >= 11 is 0. The molecule has 8 heteroatoms. The van der Waals surface area contributed by atoms with Crippen LogP contribution in [0.2, 0.25) is 0 Å². The summed E-state index contributed by atoms with van der Waals surface area (Å²) in [4.78, 5) is 22.6. The van der Waals surface area contributed by atoms with Crippen LogP contribution in [0.4, 0.5) is 0 Å². The number of nitrogens with two attached hydrogens (primary N) is 2. The molecule has 1 aliphatic heterocycles. The van der Waals surface area contributed by atoms with E-state index in [0.29, 0.717) is 13.1 Å². The Labute approximate surface area is 149 Å². The summed E-state index contributed by atoms with van der Waals surface area (Å²) in [7, 11) is 0. The largest absolute Gasteiger partial charge is 0.507 e. The van der Waals surface area contributed by atoms with E-state index in [9.17, 15) is 19.8 Å². The molecule has 0 bridgehead atoms. The zero-order valence-electron chi connectivity index (χ0n) is 13.9. The van der Waals surface area contributed by atoms with Crippen molar-refractivity contribution in [1.82, 2.24) is 10.6 Å². The molecule has 1 saturated heterocycles. The highest BCUT2D eigenvalue weighted by atomic mass is 16.3. The lowest BCUT2D eigenvalue weighted by atomic mass is 9.97. The molecule has 26 heavy (non-hydrogen) atoms. The topological polar surface area (TPSA) is 151 Å². The number of hydrogen-bond donors (Lipinski definition) is 6. The molecule has 8 nitrogen and oxygen atoms in total. The summed E-state index contributed by atoms with van der Waals surface area (Å²) in [6.45, 7) is 1.12. The number of benzene rings is 2. The summed E-state index contributed by atoms with van der Waals surface area (Å²) < 4.78 is 0. The van der Waals surface area contributed by atoms with Gasteiger partial charge in [0.2, 0.25) is 0 Å². The van der Waals surface area contributed by atoms with Crippen LogP contribution in [0.15, 0.2) is 36.4 Å². The molecule has 1 aliphatic rings. The van der Waals surface area contributed by atoms with E-state index >= 15 is 0 Å². The summed E-state index contributed by atoms with van der Waals surface area (Å²) in [5.41, 5.74) is 12.3. The van der Waals surface area contributed by atoms with Gasteiger partial charge in [0.15, 0.2) is 0 Å². The minimum atomic E-state index is -0.684. The highest BCUT2D eigenvalue weighted by Crippen LogP contribution is 2.27. The smallest absolute Gasteiger partial charge is 0.252 e. The van der Waals surface area contributed by atoms with Gasteiger partial charge in [0.1, 0.15) is 11.5 Å². The number of rotatable bonds is 4. The Morgan fingerprint density at radius 2 is 1.35 bits per heavy atom. The Morgan fingerprint density at radius 3 is 1.85 bits per heavy atom.